The highest BCUT2D eigenvalue weighted by Gasteiger charge is 2.17. The first-order valence-electron chi connectivity index (χ1n) is 9.28. The molecule has 4 nitrogen and oxygen atoms in total. The first-order chi connectivity index (χ1) is 13.5. The normalized spacial score (nSPS) is 10.9. The van der Waals surface area contributed by atoms with E-state index in [0.717, 1.165) is 11.3 Å². The second-order valence-corrected chi connectivity index (χ2v) is 7.40. The van der Waals surface area contributed by atoms with Crippen molar-refractivity contribution in [1.82, 2.24) is 4.90 Å². The summed E-state index contributed by atoms with van der Waals surface area (Å²) in [5, 5.41) is 0.628. The zero-order valence-corrected chi connectivity index (χ0v) is 16.9. The van der Waals surface area contributed by atoms with Crippen LogP contribution in [0.5, 0.6) is 5.75 Å². The molecule has 0 unspecified atom stereocenters. The van der Waals surface area contributed by atoms with Gasteiger partial charge in [-0.3, -0.25) is 4.79 Å². The van der Waals surface area contributed by atoms with Crippen molar-refractivity contribution >= 4 is 17.5 Å². The van der Waals surface area contributed by atoms with E-state index in [1.165, 1.54) is 5.56 Å². The van der Waals surface area contributed by atoms with Crippen LogP contribution in [-0.2, 0) is 17.9 Å². The van der Waals surface area contributed by atoms with Crippen molar-refractivity contribution in [3.8, 4) is 5.75 Å². The lowest BCUT2D eigenvalue weighted by atomic mass is 10.0. The SMILES string of the molecule is CC(C)c1ccc(CN(Cc2ccco2)C(=O)COc2ccc(Cl)cc2)cc1. The molecular weight excluding hydrogens is 374 g/mol. The molecule has 0 bridgehead atoms. The van der Waals surface area contributed by atoms with E-state index >= 15 is 0 Å². The number of ether oxygens (including phenoxy) is 1. The fourth-order valence-electron chi connectivity index (χ4n) is 2.82. The van der Waals surface area contributed by atoms with Crippen LogP contribution in [0.1, 0.15) is 36.7 Å². The van der Waals surface area contributed by atoms with Gasteiger partial charge in [-0.05, 0) is 53.4 Å². The van der Waals surface area contributed by atoms with Gasteiger partial charge in [0, 0.05) is 11.6 Å². The van der Waals surface area contributed by atoms with E-state index in [1.807, 2.05) is 12.1 Å². The van der Waals surface area contributed by atoms with Gasteiger partial charge in [-0.2, -0.15) is 0 Å². The Morgan fingerprint density at radius 2 is 1.75 bits per heavy atom. The van der Waals surface area contributed by atoms with E-state index in [4.69, 9.17) is 20.8 Å². The van der Waals surface area contributed by atoms with Gasteiger partial charge in [-0.15, -0.1) is 0 Å². The molecule has 0 fully saturated rings. The van der Waals surface area contributed by atoms with Crippen LogP contribution in [0.4, 0.5) is 0 Å². The molecule has 0 radical (unpaired) electrons. The number of hydrogen-bond donors (Lipinski definition) is 0. The Morgan fingerprint density at radius 3 is 2.36 bits per heavy atom. The lowest BCUT2D eigenvalue weighted by molar-refractivity contribution is -0.134. The molecule has 0 aliphatic carbocycles. The largest absolute Gasteiger partial charge is 0.484 e. The van der Waals surface area contributed by atoms with Crippen molar-refractivity contribution in [3.05, 3.63) is 88.8 Å². The number of carbonyl (C=O) groups is 1. The Labute approximate surface area is 170 Å². The van der Waals surface area contributed by atoms with E-state index in [-0.39, 0.29) is 12.5 Å². The van der Waals surface area contributed by atoms with Gasteiger partial charge in [0.1, 0.15) is 11.5 Å². The van der Waals surface area contributed by atoms with Crippen LogP contribution in [0.15, 0.2) is 71.3 Å². The van der Waals surface area contributed by atoms with Crippen LogP contribution in [0, 0.1) is 0 Å². The maximum absolute atomic E-state index is 12.8. The molecule has 0 saturated carbocycles. The van der Waals surface area contributed by atoms with Crippen molar-refractivity contribution in [2.45, 2.75) is 32.9 Å². The zero-order valence-electron chi connectivity index (χ0n) is 16.1. The molecule has 146 valence electrons. The molecule has 0 N–H and O–H groups in total. The topological polar surface area (TPSA) is 42.7 Å². The first-order valence-corrected chi connectivity index (χ1v) is 9.66. The van der Waals surface area contributed by atoms with Crippen LogP contribution in [0.3, 0.4) is 0 Å². The van der Waals surface area contributed by atoms with E-state index < -0.39 is 0 Å². The molecule has 3 aromatic rings. The summed E-state index contributed by atoms with van der Waals surface area (Å²) in [6.45, 7) is 5.15. The molecule has 5 heteroatoms. The van der Waals surface area contributed by atoms with Gasteiger partial charge in [0.2, 0.25) is 0 Å². The minimum atomic E-state index is -0.112. The quantitative estimate of drug-likeness (QED) is 0.492. The van der Waals surface area contributed by atoms with Crippen LogP contribution in [0.2, 0.25) is 5.02 Å². The van der Waals surface area contributed by atoms with Gasteiger partial charge in [0.15, 0.2) is 6.61 Å². The highest BCUT2D eigenvalue weighted by molar-refractivity contribution is 6.30. The van der Waals surface area contributed by atoms with Gasteiger partial charge in [0.25, 0.3) is 5.91 Å². The number of benzene rings is 2. The Bertz CT molecular complexity index is 871. The molecule has 0 aliphatic rings. The molecule has 3 rings (SSSR count). The molecule has 28 heavy (non-hydrogen) atoms. The summed E-state index contributed by atoms with van der Waals surface area (Å²) in [5.74, 6) is 1.71. The molecule has 2 aromatic carbocycles. The number of carbonyl (C=O) groups excluding carboxylic acids is 1. The van der Waals surface area contributed by atoms with Gasteiger partial charge in [-0.25, -0.2) is 0 Å². The number of furan rings is 1. The minimum Gasteiger partial charge on any atom is -0.484 e. The fraction of sp³-hybridized carbons (Fsp3) is 0.261. The molecule has 1 heterocycles. The third-order valence-electron chi connectivity index (χ3n) is 4.48. The van der Waals surface area contributed by atoms with Gasteiger partial charge >= 0.3 is 0 Å². The van der Waals surface area contributed by atoms with Gasteiger partial charge in [0.05, 0.1) is 12.8 Å². The number of nitrogens with zero attached hydrogens (tertiary/aromatic N) is 1. The van der Waals surface area contributed by atoms with E-state index in [1.54, 1.807) is 35.4 Å². The minimum absolute atomic E-state index is 0.0492. The highest BCUT2D eigenvalue weighted by atomic mass is 35.5. The molecule has 0 aliphatic heterocycles. The van der Waals surface area contributed by atoms with Crippen molar-refractivity contribution in [1.29, 1.82) is 0 Å². The predicted molar refractivity (Wildman–Crippen MR) is 110 cm³/mol. The Kier molecular flexibility index (Phi) is 6.77. The highest BCUT2D eigenvalue weighted by Crippen LogP contribution is 2.18. The number of amides is 1. The standard InChI is InChI=1S/C23H24ClNO3/c1-17(2)19-7-5-18(6-8-19)14-25(15-22-4-3-13-27-22)23(26)16-28-21-11-9-20(24)10-12-21/h3-13,17H,14-16H2,1-2H3. The summed E-state index contributed by atoms with van der Waals surface area (Å²) in [5.41, 5.74) is 2.34. The van der Waals surface area contributed by atoms with E-state index in [2.05, 4.69) is 38.1 Å². The summed E-state index contributed by atoms with van der Waals surface area (Å²) in [6.07, 6.45) is 1.61. The molecule has 0 spiro atoms. The summed E-state index contributed by atoms with van der Waals surface area (Å²) in [4.78, 5) is 14.6. The van der Waals surface area contributed by atoms with Crippen LogP contribution in [0.25, 0.3) is 0 Å². The maximum atomic E-state index is 12.8. The maximum Gasteiger partial charge on any atom is 0.261 e. The lowest BCUT2D eigenvalue weighted by Gasteiger charge is -2.22. The second kappa shape index (κ2) is 9.47. The van der Waals surface area contributed by atoms with Gasteiger partial charge in [-0.1, -0.05) is 49.7 Å². The Balaban J connectivity index is 1.68. The van der Waals surface area contributed by atoms with Crippen molar-refractivity contribution in [2.75, 3.05) is 6.61 Å². The Hall–Kier alpha value is -2.72. The zero-order chi connectivity index (χ0) is 19.9. The third-order valence-corrected chi connectivity index (χ3v) is 4.73. The van der Waals surface area contributed by atoms with Crippen molar-refractivity contribution in [2.24, 2.45) is 0 Å². The predicted octanol–water partition coefficient (Wildman–Crippen LogP) is 5.66. The number of hydrogen-bond acceptors (Lipinski definition) is 3. The average Bonchev–Trinajstić information content (AvgIpc) is 3.20. The molecule has 1 amide bonds. The van der Waals surface area contributed by atoms with E-state index in [9.17, 15) is 4.79 Å². The van der Waals surface area contributed by atoms with Crippen molar-refractivity contribution < 1.29 is 13.9 Å². The summed E-state index contributed by atoms with van der Waals surface area (Å²) < 4.78 is 11.1. The number of rotatable bonds is 8. The second-order valence-electron chi connectivity index (χ2n) is 6.97. The number of halogens is 1. The van der Waals surface area contributed by atoms with Crippen LogP contribution >= 0.6 is 11.6 Å². The fourth-order valence-corrected chi connectivity index (χ4v) is 2.94. The summed E-state index contributed by atoms with van der Waals surface area (Å²) in [7, 11) is 0. The molecule has 0 atom stereocenters. The molecule has 0 saturated heterocycles. The summed E-state index contributed by atoms with van der Waals surface area (Å²) in [6, 6.07) is 19.0. The van der Waals surface area contributed by atoms with Crippen LogP contribution < -0.4 is 4.74 Å². The van der Waals surface area contributed by atoms with Crippen molar-refractivity contribution in [3.63, 3.8) is 0 Å². The molecule has 1 aromatic heterocycles. The summed E-state index contributed by atoms with van der Waals surface area (Å²) >= 11 is 5.88. The van der Waals surface area contributed by atoms with Crippen LogP contribution in [-0.4, -0.2) is 17.4 Å². The Morgan fingerprint density at radius 1 is 1.04 bits per heavy atom. The first kappa shape index (κ1) is 20.0. The smallest absolute Gasteiger partial charge is 0.261 e. The third kappa shape index (κ3) is 5.64. The van der Waals surface area contributed by atoms with E-state index in [0.29, 0.717) is 29.8 Å². The average molecular weight is 398 g/mol. The monoisotopic (exact) mass is 397 g/mol. The molecular formula is C23H24ClNO3. The van der Waals surface area contributed by atoms with Gasteiger partial charge < -0.3 is 14.1 Å². The lowest BCUT2D eigenvalue weighted by Crippen LogP contribution is -2.34.